The summed E-state index contributed by atoms with van der Waals surface area (Å²) in [6.07, 6.45) is -4.66. The third-order valence-electron chi connectivity index (χ3n) is 12.0. The minimum absolute atomic E-state index is 0.0112. The van der Waals surface area contributed by atoms with Crippen molar-refractivity contribution in [3.05, 3.63) is 83.4 Å². The lowest BCUT2D eigenvalue weighted by atomic mass is 9.92. The number of carbonyl (C=O) groups excluding carboxylic acids is 6. The highest BCUT2D eigenvalue weighted by molar-refractivity contribution is 6.01. The van der Waals surface area contributed by atoms with Crippen molar-refractivity contribution >= 4 is 42.2 Å². The van der Waals surface area contributed by atoms with E-state index in [1.54, 1.807) is 61.6 Å². The van der Waals surface area contributed by atoms with Crippen molar-refractivity contribution in [2.45, 2.75) is 129 Å². The molecule has 1 saturated heterocycles. The number of aromatic nitrogens is 3. The molecular weight excluding hydrogens is 1070 g/mol. The lowest BCUT2D eigenvalue weighted by Crippen LogP contribution is -2.61. The van der Waals surface area contributed by atoms with Gasteiger partial charge in [-0.1, -0.05) is 53.7 Å². The van der Waals surface area contributed by atoms with Crippen molar-refractivity contribution in [2.75, 3.05) is 79.7 Å². The number of benzene rings is 2. The Morgan fingerprint density at radius 1 is 0.768 bits per heavy atom. The molecule has 0 saturated carbocycles. The Morgan fingerprint density at radius 3 is 1.89 bits per heavy atom. The van der Waals surface area contributed by atoms with Gasteiger partial charge in [-0.3, -0.25) is 15.4 Å². The minimum atomic E-state index is -1.47. The van der Waals surface area contributed by atoms with Crippen LogP contribution in [0, 0.1) is 0 Å². The second kappa shape index (κ2) is 30.0. The predicted molar refractivity (Wildman–Crippen MR) is 291 cm³/mol. The lowest BCUT2D eigenvalue weighted by molar-refractivity contribution is -0.169. The van der Waals surface area contributed by atoms with Crippen LogP contribution in [-0.2, 0) is 79.5 Å². The number of hydrogen-bond donors (Lipinski definition) is 5. The van der Waals surface area contributed by atoms with E-state index in [1.807, 2.05) is 24.3 Å². The van der Waals surface area contributed by atoms with E-state index in [0.29, 0.717) is 65.0 Å². The molecule has 2 aromatic carbocycles. The van der Waals surface area contributed by atoms with Crippen molar-refractivity contribution in [1.29, 1.82) is 0 Å². The summed E-state index contributed by atoms with van der Waals surface area (Å²) in [7, 11) is 1.11. The van der Waals surface area contributed by atoms with Gasteiger partial charge in [0, 0.05) is 19.4 Å². The van der Waals surface area contributed by atoms with Crippen molar-refractivity contribution in [2.24, 2.45) is 4.99 Å². The van der Waals surface area contributed by atoms with Crippen molar-refractivity contribution in [3.63, 3.8) is 0 Å². The summed E-state index contributed by atoms with van der Waals surface area (Å²) in [6, 6.07) is 13.7. The Morgan fingerprint density at radius 2 is 1.34 bits per heavy atom. The molecule has 0 unspecified atom stereocenters. The maximum absolute atomic E-state index is 13.7. The van der Waals surface area contributed by atoms with Gasteiger partial charge in [-0.15, -0.1) is 5.10 Å². The molecule has 0 spiro atoms. The van der Waals surface area contributed by atoms with Gasteiger partial charge in [0.05, 0.1) is 97.9 Å². The number of nitrogens with zero attached hydrogens (tertiary/aromatic N) is 4. The van der Waals surface area contributed by atoms with Crippen LogP contribution in [0.25, 0.3) is 11.1 Å². The fourth-order valence-electron chi connectivity index (χ4n) is 8.65. The van der Waals surface area contributed by atoms with Crippen LogP contribution in [0.15, 0.2) is 71.6 Å². The molecule has 1 aromatic heterocycles. The number of esters is 1. The molecule has 0 bridgehead atoms. The van der Waals surface area contributed by atoms with Crippen LogP contribution in [-0.4, -0.2) is 184 Å². The van der Waals surface area contributed by atoms with Crippen LogP contribution in [0.5, 0.6) is 0 Å². The van der Waals surface area contributed by atoms with Gasteiger partial charge in [-0.05, 0) is 83.7 Å². The average Bonchev–Trinajstić information content (AvgIpc) is 4.31. The smallest absolute Gasteiger partial charge is 0.414 e. The third kappa shape index (κ3) is 20.5. The molecule has 450 valence electrons. The number of ether oxygens (including phenoxy) is 12. The number of aliphatic imine (C=N–C) groups is 1. The first-order valence-corrected chi connectivity index (χ1v) is 26.8. The van der Waals surface area contributed by atoms with E-state index in [4.69, 9.17) is 56.8 Å². The number of rotatable bonds is 25. The number of hydrogen-bond acceptors (Lipinski definition) is 21. The van der Waals surface area contributed by atoms with E-state index < -0.39 is 95.4 Å². The fourth-order valence-corrected chi connectivity index (χ4v) is 8.65. The summed E-state index contributed by atoms with van der Waals surface area (Å²) in [4.78, 5) is 82.8. The van der Waals surface area contributed by atoms with Crippen LogP contribution < -0.4 is 26.6 Å². The first-order chi connectivity index (χ1) is 39.0. The van der Waals surface area contributed by atoms with E-state index in [-0.39, 0.29) is 32.3 Å². The van der Waals surface area contributed by atoms with E-state index >= 15 is 0 Å². The molecule has 3 heterocycles. The maximum atomic E-state index is 13.7. The van der Waals surface area contributed by atoms with E-state index in [0.717, 1.165) is 18.2 Å². The standard InChI is InChI=1S/C55H77N9O18/c1-34(65)58-44-41(59-48(60-51(69)81-53(2,3)4)61-52(70)82-54(5,6)7)29-42(47(66)71-10)78-46(44)45(43-33-77-55(8,9)80-43)79-50(68)57-30-35-31-64(63-62-35)20-22-73-24-26-75-28-27-74-25-23-72-21-19-56-49(67)76-32-40-38-17-13-11-15-36(38)37-16-12-14-18-39(37)40/h11-18,29,31,40-41,43-46H,19-28,30,32-33H2,1-10H3,(H,56,67)(H,57,68)(H,58,65)(H2,59,60,61,69,70)/t41-,43+,44+,45+,46+/m0/s1. The van der Waals surface area contributed by atoms with Crippen LogP contribution in [0.3, 0.4) is 0 Å². The highest BCUT2D eigenvalue weighted by atomic mass is 16.8. The molecule has 2 aliphatic heterocycles. The monoisotopic (exact) mass is 1150 g/mol. The highest BCUT2D eigenvalue weighted by Gasteiger charge is 2.51. The van der Waals surface area contributed by atoms with Gasteiger partial charge in [0.1, 0.15) is 29.6 Å². The van der Waals surface area contributed by atoms with Gasteiger partial charge in [0.2, 0.25) is 17.6 Å². The van der Waals surface area contributed by atoms with E-state index in [9.17, 15) is 28.8 Å². The Kier molecular flexibility index (Phi) is 23.4. The number of guanidine groups is 1. The first kappa shape index (κ1) is 63.7. The van der Waals surface area contributed by atoms with Crippen molar-refractivity contribution < 1.29 is 85.6 Å². The first-order valence-electron chi connectivity index (χ1n) is 26.8. The van der Waals surface area contributed by atoms with Crippen LogP contribution in [0.1, 0.15) is 85.1 Å². The third-order valence-corrected chi connectivity index (χ3v) is 12.0. The maximum Gasteiger partial charge on any atom is 0.414 e. The van der Waals surface area contributed by atoms with E-state index in [2.05, 4.69) is 66.2 Å². The molecule has 5 atom stereocenters. The SMILES string of the molecule is COC(=O)C1=C[C@H](N=C(NC(=O)OC(C)(C)C)NC(=O)OC(C)(C)C)[C@@H](NC(C)=O)[C@H]([C@H](OC(=O)NCc2cn(CCOCCOCCOCCOCCNC(=O)OCC3c4ccccc4-c4ccccc43)nn2)[C@H]2COC(C)(C)O2)O1. The molecule has 5 N–H and O–H groups in total. The quantitative estimate of drug-likeness (QED) is 0.0259. The van der Waals surface area contributed by atoms with Gasteiger partial charge in [0.25, 0.3) is 0 Å². The number of carbonyl (C=O) groups is 6. The Hall–Kier alpha value is -7.43. The van der Waals surface area contributed by atoms with Crippen LogP contribution in [0.2, 0.25) is 0 Å². The van der Waals surface area contributed by atoms with E-state index in [1.165, 1.54) is 28.8 Å². The highest BCUT2D eigenvalue weighted by Crippen LogP contribution is 2.44. The average molecular weight is 1150 g/mol. The number of fused-ring (bicyclic) bond motifs is 3. The zero-order valence-electron chi connectivity index (χ0n) is 48.1. The summed E-state index contributed by atoms with van der Waals surface area (Å²) >= 11 is 0. The summed E-state index contributed by atoms with van der Waals surface area (Å²) < 4.78 is 69.4. The molecule has 5 amide bonds. The summed E-state index contributed by atoms with van der Waals surface area (Å²) in [5, 5.41) is 21.1. The molecule has 0 radical (unpaired) electrons. The van der Waals surface area contributed by atoms with Gasteiger partial charge in [-0.2, -0.15) is 0 Å². The molecule has 1 aliphatic carbocycles. The molecule has 6 rings (SSSR count). The Labute approximate surface area is 476 Å². The second-order valence-electron chi connectivity index (χ2n) is 21.3. The lowest BCUT2D eigenvalue weighted by Gasteiger charge is -2.40. The zero-order valence-corrected chi connectivity index (χ0v) is 48.1. The summed E-state index contributed by atoms with van der Waals surface area (Å²) in [5.74, 6) is -3.65. The largest absolute Gasteiger partial charge is 0.477 e. The van der Waals surface area contributed by atoms with Crippen LogP contribution >= 0.6 is 0 Å². The number of amides is 5. The number of methoxy groups -OCH3 is 1. The minimum Gasteiger partial charge on any atom is -0.477 e. The molecule has 3 aliphatic rings. The van der Waals surface area contributed by atoms with Gasteiger partial charge < -0.3 is 72.8 Å². The zero-order chi connectivity index (χ0) is 59.5. The molecule has 1 fully saturated rings. The van der Waals surface area contributed by atoms with Crippen molar-refractivity contribution in [3.8, 4) is 11.1 Å². The number of nitrogens with one attached hydrogen (secondary N) is 5. The van der Waals surface area contributed by atoms with Crippen LogP contribution in [0.4, 0.5) is 19.2 Å². The molecule has 27 nitrogen and oxygen atoms in total. The predicted octanol–water partition coefficient (Wildman–Crippen LogP) is 4.36. The van der Waals surface area contributed by atoms with Gasteiger partial charge in [-0.25, -0.2) is 33.6 Å². The fraction of sp³-hybridized carbons (Fsp3) is 0.582. The van der Waals surface area contributed by atoms with Crippen molar-refractivity contribution in [1.82, 2.24) is 41.6 Å². The normalized spacial score (nSPS) is 18.5. The molecule has 3 aromatic rings. The summed E-state index contributed by atoms with van der Waals surface area (Å²) in [5.41, 5.74) is 3.07. The molecule has 27 heteroatoms. The van der Waals surface area contributed by atoms with Gasteiger partial charge in [0.15, 0.2) is 18.0 Å². The Bertz CT molecular complexity index is 2630. The molecule has 82 heavy (non-hydrogen) atoms. The summed E-state index contributed by atoms with van der Waals surface area (Å²) in [6.45, 7) is 17.5. The number of alkyl carbamates (subject to hydrolysis) is 4. The second-order valence-corrected chi connectivity index (χ2v) is 21.3. The van der Waals surface area contributed by atoms with Gasteiger partial charge >= 0.3 is 30.3 Å². The molecular formula is C55H77N9O18. The Balaban J connectivity index is 0.916. The topological polar surface area (TPSA) is 316 Å².